The van der Waals surface area contributed by atoms with E-state index in [0.29, 0.717) is 0 Å². The molecule has 0 bridgehead atoms. The number of thiophene rings is 2. The molecule has 0 radical (unpaired) electrons. The minimum atomic E-state index is -0.606. The third-order valence-electron chi connectivity index (χ3n) is 19.9. The van der Waals surface area contributed by atoms with Gasteiger partial charge < -0.3 is 9.80 Å². The number of rotatable bonds is 7. The standard InChI is InChI=1S/C83H52N2S2/c1-4-21-53(22-5-1)54-39-41-57(42-40-54)84(60-43-44-65-63-31-12-17-36-70(63)82(74(65)50-60)68-34-15-10-29-61(68)62-30-11-16-35-69(62)82)58-27-20-28-59(49-58)85-77-38-19-18-37-71(77)83(72-45-47-86-79(72)80-73(83)46-48-87-80)76-51-66-64-32-13-14-33-67(64)81(75(66)52-78(76)85,55-23-6-2-7-24-55)56-25-8-3-9-26-56/h1-52H. The molecule has 14 aromatic rings. The second kappa shape index (κ2) is 18.3. The van der Waals surface area contributed by atoms with E-state index < -0.39 is 16.2 Å². The van der Waals surface area contributed by atoms with Crippen LogP contribution in [0, 0.1) is 0 Å². The molecule has 0 N–H and O–H groups in total. The smallest absolute Gasteiger partial charge is 0.0771 e. The van der Waals surface area contributed by atoms with Crippen LogP contribution in [-0.2, 0) is 16.2 Å². The van der Waals surface area contributed by atoms with Crippen molar-refractivity contribution in [1.82, 2.24) is 0 Å². The first-order chi connectivity index (χ1) is 43.2. The van der Waals surface area contributed by atoms with E-state index in [9.17, 15) is 0 Å². The van der Waals surface area contributed by atoms with Crippen molar-refractivity contribution in [2.24, 2.45) is 0 Å². The molecule has 12 aromatic carbocycles. The quantitative estimate of drug-likeness (QED) is 0.157. The first-order valence-corrected chi connectivity index (χ1v) is 31.9. The molecule has 5 aliphatic rings. The summed E-state index contributed by atoms with van der Waals surface area (Å²) in [4.78, 5) is 7.86. The van der Waals surface area contributed by atoms with E-state index in [-0.39, 0.29) is 0 Å². The average molecular weight is 1140 g/mol. The van der Waals surface area contributed by atoms with Gasteiger partial charge in [0.05, 0.1) is 27.6 Å². The normalized spacial score (nSPS) is 14.7. The van der Waals surface area contributed by atoms with Crippen LogP contribution in [0.3, 0.4) is 0 Å². The lowest BCUT2D eigenvalue weighted by Gasteiger charge is -2.45. The fourth-order valence-corrected chi connectivity index (χ4v) is 18.8. The van der Waals surface area contributed by atoms with Gasteiger partial charge in [-0.25, -0.2) is 0 Å². The molecule has 2 spiro atoms. The van der Waals surface area contributed by atoms with Gasteiger partial charge in [-0.1, -0.05) is 231 Å². The number of fused-ring (bicyclic) bond motifs is 22. The minimum Gasteiger partial charge on any atom is -0.310 e. The van der Waals surface area contributed by atoms with Gasteiger partial charge in [0.2, 0.25) is 0 Å². The molecule has 2 aromatic heterocycles. The molecule has 0 fully saturated rings. The maximum atomic E-state index is 2.62. The summed E-state index contributed by atoms with van der Waals surface area (Å²) < 4.78 is 0. The summed E-state index contributed by atoms with van der Waals surface area (Å²) in [6.07, 6.45) is 0. The molecule has 0 atom stereocenters. The maximum absolute atomic E-state index is 2.62. The van der Waals surface area contributed by atoms with E-state index in [1.54, 1.807) is 0 Å². The van der Waals surface area contributed by atoms with Crippen LogP contribution in [0.2, 0.25) is 0 Å². The summed E-state index contributed by atoms with van der Waals surface area (Å²) in [6, 6.07) is 115. The fourth-order valence-electron chi connectivity index (χ4n) is 16.7. The van der Waals surface area contributed by atoms with Gasteiger partial charge in [-0.15, -0.1) is 22.7 Å². The third kappa shape index (κ3) is 6.38. The van der Waals surface area contributed by atoms with Crippen molar-refractivity contribution in [3.8, 4) is 54.3 Å². The average Bonchev–Trinajstić information content (AvgIpc) is 1.59. The summed E-state index contributed by atoms with van der Waals surface area (Å²) in [7, 11) is 0. The summed E-state index contributed by atoms with van der Waals surface area (Å²) in [6.45, 7) is 0. The number of para-hydroxylation sites is 1. The summed E-state index contributed by atoms with van der Waals surface area (Å²) in [5.41, 5.74) is 30.8. The molecular weight excluding hydrogens is 1090 g/mol. The molecule has 2 nitrogen and oxygen atoms in total. The molecule has 0 amide bonds. The van der Waals surface area contributed by atoms with E-state index in [1.165, 1.54) is 132 Å². The van der Waals surface area contributed by atoms with Crippen molar-refractivity contribution in [1.29, 1.82) is 0 Å². The Morgan fingerprint density at radius 3 is 1.30 bits per heavy atom. The lowest BCUT2D eigenvalue weighted by Crippen LogP contribution is -2.36. The summed E-state index contributed by atoms with van der Waals surface area (Å²) in [5, 5.41) is 4.63. The molecule has 1 aliphatic heterocycles. The number of hydrogen-bond acceptors (Lipinski definition) is 4. The number of benzene rings is 12. The molecule has 3 heterocycles. The van der Waals surface area contributed by atoms with Crippen LogP contribution < -0.4 is 9.80 Å². The summed E-state index contributed by atoms with van der Waals surface area (Å²) in [5.74, 6) is 0. The molecule has 0 saturated heterocycles. The van der Waals surface area contributed by atoms with Crippen LogP contribution in [0.15, 0.2) is 314 Å². The third-order valence-corrected chi connectivity index (χ3v) is 21.9. The van der Waals surface area contributed by atoms with E-state index in [0.717, 1.165) is 22.7 Å². The van der Waals surface area contributed by atoms with Gasteiger partial charge >= 0.3 is 0 Å². The predicted octanol–water partition coefficient (Wildman–Crippen LogP) is 21.8. The molecule has 4 heteroatoms. The Bertz CT molecular complexity index is 4990. The number of nitrogens with zero attached hydrogens (tertiary/aromatic N) is 2. The lowest BCUT2D eigenvalue weighted by molar-refractivity contribution is 0.745. The zero-order valence-corrected chi connectivity index (χ0v) is 48.9. The second-order valence-corrected chi connectivity index (χ2v) is 25.6. The SMILES string of the molecule is c1ccc(-c2ccc(N(c3cccc(N4c5ccccc5C5(c6cc7c(cc64)C(c4ccccc4)(c4ccccc4)c4ccccc4-7)c4ccsc4-c4sccc45)c3)c3ccc4c(c3)C3(c5ccccc5-c5ccccc53)c3ccccc3-4)cc2)cc1. The Morgan fingerprint density at radius 2 is 0.701 bits per heavy atom. The second-order valence-electron chi connectivity index (χ2n) is 23.8. The van der Waals surface area contributed by atoms with Crippen LogP contribution in [0.1, 0.15) is 66.8 Å². The van der Waals surface area contributed by atoms with E-state index in [2.05, 4.69) is 324 Å². The Hall–Kier alpha value is -10.4. The Balaban J connectivity index is 0.872. The molecular formula is C83H52N2S2. The van der Waals surface area contributed by atoms with Gasteiger partial charge in [-0.2, -0.15) is 0 Å². The number of hydrogen-bond donors (Lipinski definition) is 0. The lowest BCUT2D eigenvalue weighted by atomic mass is 9.63. The van der Waals surface area contributed by atoms with E-state index in [4.69, 9.17) is 0 Å². The molecule has 87 heavy (non-hydrogen) atoms. The highest BCUT2D eigenvalue weighted by molar-refractivity contribution is 7.21. The van der Waals surface area contributed by atoms with Crippen LogP contribution >= 0.6 is 22.7 Å². The first kappa shape index (κ1) is 49.0. The van der Waals surface area contributed by atoms with Crippen molar-refractivity contribution in [2.45, 2.75) is 16.2 Å². The fraction of sp³-hybridized carbons (Fsp3) is 0.0361. The number of anilines is 6. The highest BCUT2D eigenvalue weighted by Gasteiger charge is 2.56. The highest BCUT2D eigenvalue weighted by Crippen LogP contribution is 2.69. The van der Waals surface area contributed by atoms with Crippen molar-refractivity contribution in [3.63, 3.8) is 0 Å². The topological polar surface area (TPSA) is 6.48 Å². The van der Waals surface area contributed by atoms with Crippen molar-refractivity contribution < 1.29 is 0 Å². The van der Waals surface area contributed by atoms with Crippen molar-refractivity contribution >= 4 is 56.8 Å². The van der Waals surface area contributed by atoms with Gasteiger partial charge in [-0.05, 0) is 195 Å². The Morgan fingerprint density at radius 1 is 0.253 bits per heavy atom. The first-order valence-electron chi connectivity index (χ1n) is 30.1. The van der Waals surface area contributed by atoms with E-state index in [1.807, 2.05) is 22.7 Å². The van der Waals surface area contributed by atoms with Crippen LogP contribution in [0.25, 0.3) is 54.3 Å². The van der Waals surface area contributed by atoms with Crippen molar-refractivity contribution in [3.05, 3.63) is 381 Å². The molecule has 19 rings (SSSR count). The largest absolute Gasteiger partial charge is 0.310 e. The van der Waals surface area contributed by atoms with Gasteiger partial charge in [0.25, 0.3) is 0 Å². The Labute approximate surface area is 514 Å². The zero-order chi connectivity index (χ0) is 57.0. The molecule has 406 valence electrons. The minimum absolute atomic E-state index is 0.503. The summed E-state index contributed by atoms with van der Waals surface area (Å²) >= 11 is 3.75. The molecule has 4 aliphatic carbocycles. The van der Waals surface area contributed by atoms with Gasteiger partial charge in [0, 0.05) is 32.5 Å². The Kier molecular flexibility index (Phi) is 10.3. The molecule has 0 saturated carbocycles. The van der Waals surface area contributed by atoms with Crippen LogP contribution in [0.5, 0.6) is 0 Å². The van der Waals surface area contributed by atoms with Gasteiger partial charge in [0.15, 0.2) is 0 Å². The highest BCUT2D eigenvalue weighted by atomic mass is 32.1. The molecule has 0 unspecified atom stereocenters. The van der Waals surface area contributed by atoms with Crippen LogP contribution in [0.4, 0.5) is 34.1 Å². The maximum Gasteiger partial charge on any atom is 0.0771 e. The monoisotopic (exact) mass is 1140 g/mol. The van der Waals surface area contributed by atoms with Crippen molar-refractivity contribution in [2.75, 3.05) is 9.80 Å². The van der Waals surface area contributed by atoms with E-state index >= 15 is 0 Å². The van der Waals surface area contributed by atoms with Crippen LogP contribution in [-0.4, -0.2) is 0 Å². The van der Waals surface area contributed by atoms with Gasteiger partial charge in [0.1, 0.15) is 0 Å². The zero-order valence-electron chi connectivity index (χ0n) is 47.2. The predicted molar refractivity (Wildman–Crippen MR) is 361 cm³/mol. The van der Waals surface area contributed by atoms with Gasteiger partial charge in [-0.3, -0.25) is 0 Å².